The summed E-state index contributed by atoms with van der Waals surface area (Å²) < 4.78 is 59.3. The van der Waals surface area contributed by atoms with Crippen LogP contribution in [-0.4, -0.2) is 35.6 Å². The molecule has 0 saturated carbocycles. The summed E-state index contributed by atoms with van der Waals surface area (Å²) in [5.74, 6) is -2.14. The van der Waals surface area contributed by atoms with Crippen molar-refractivity contribution < 1.29 is 31.5 Å². The SMILES string of the molecule is O=C(O)C(F)(F)F.O=S1(=O)Cc2cccc(c2)Nc2nc(ncc2Cl)Nc2cccc(c2)N1. The van der Waals surface area contributed by atoms with Crippen LogP contribution < -0.4 is 15.4 Å². The van der Waals surface area contributed by atoms with E-state index < -0.39 is 22.2 Å². The van der Waals surface area contributed by atoms with E-state index in [4.69, 9.17) is 21.5 Å². The van der Waals surface area contributed by atoms with Gasteiger partial charge in [-0.15, -0.1) is 0 Å². The van der Waals surface area contributed by atoms with Crippen molar-refractivity contribution in [2.75, 3.05) is 15.4 Å². The molecule has 2 heterocycles. The van der Waals surface area contributed by atoms with Gasteiger partial charge in [-0.05, 0) is 35.9 Å². The van der Waals surface area contributed by atoms with Crippen molar-refractivity contribution in [3.63, 3.8) is 0 Å². The number of benzene rings is 2. The van der Waals surface area contributed by atoms with Gasteiger partial charge in [0.1, 0.15) is 5.02 Å². The van der Waals surface area contributed by atoms with E-state index >= 15 is 0 Å². The number of hydrogen-bond acceptors (Lipinski definition) is 7. The Hall–Kier alpha value is -3.58. The van der Waals surface area contributed by atoms with E-state index in [0.717, 1.165) is 0 Å². The number of sulfonamides is 1. The number of alkyl halides is 3. The van der Waals surface area contributed by atoms with Crippen LogP contribution in [0.15, 0.2) is 54.7 Å². The molecule has 174 valence electrons. The van der Waals surface area contributed by atoms with Gasteiger partial charge in [-0.2, -0.15) is 18.2 Å². The van der Waals surface area contributed by atoms with Crippen LogP contribution in [0, 0.1) is 0 Å². The van der Waals surface area contributed by atoms with Crippen LogP contribution in [0.1, 0.15) is 5.56 Å². The van der Waals surface area contributed by atoms with Gasteiger partial charge in [0.15, 0.2) is 5.82 Å². The first-order valence-corrected chi connectivity index (χ1v) is 11.0. The van der Waals surface area contributed by atoms with Gasteiger partial charge in [0, 0.05) is 11.4 Å². The van der Waals surface area contributed by atoms with Crippen molar-refractivity contribution in [3.8, 4) is 0 Å². The molecular weight excluding hydrogens is 487 g/mol. The maximum absolute atomic E-state index is 12.5. The number of aromatic nitrogens is 2. The van der Waals surface area contributed by atoms with Crippen LogP contribution in [-0.2, 0) is 20.6 Å². The molecule has 1 aromatic heterocycles. The third-order valence-electron chi connectivity index (χ3n) is 3.93. The molecule has 1 aliphatic heterocycles. The smallest absolute Gasteiger partial charge is 0.475 e. The molecule has 0 radical (unpaired) electrons. The number of hydrogen-bond donors (Lipinski definition) is 4. The molecule has 6 bridgehead atoms. The van der Waals surface area contributed by atoms with Crippen molar-refractivity contribution in [1.82, 2.24) is 9.97 Å². The Bertz CT molecular complexity index is 1290. The van der Waals surface area contributed by atoms with Crippen LogP contribution in [0.25, 0.3) is 0 Å². The monoisotopic (exact) mass is 501 g/mol. The Morgan fingerprint density at radius 3 is 2.30 bits per heavy atom. The lowest BCUT2D eigenvalue weighted by molar-refractivity contribution is -0.192. The predicted molar refractivity (Wildman–Crippen MR) is 116 cm³/mol. The quantitative estimate of drug-likeness (QED) is 0.354. The van der Waals surface area contributed by atoms with Gasteiger partial charge in [0.25, 0.3) is 0 Å². The summed E-state index contributed by atoms with van der Waals surface area (Å²) in [4.78, 5) is 17.4. The third kappa shape index (κ3) is 6.95. The zero-order valence-electron chi connectivity index (χ0n) is 16.4. The highest BCUT2D eigenvalue weighted by molar-refractivity contribution is 7.91. The number of nitrogens with one attached hydrogen (secondary N) is 3. The second kappa shape index (κ2) is 9.50. The van der Waals surface area contributed by atoms with E-state index in [1.807, 2.05) is 6.07 Å². The molecule has 9 nitrogen and oxygen atoms in total. The van der Waals surface area contributed by atoms with E-state index in [1.54, 1.807) is 42.5 Å². The van der Waals surface area contributed by atoms with Crippen molar-refractivity contribution >= 4 is 56.4 Å². The summed E-state index contributed by atoms with van der Waals surface area (Å²) in [5.41, 5.74) is 2.42. The highest BCUT2D eigenvalue weighted by Crippen LogP contribution is 2.27. The Kier molecular flexibility index (Phi) is 6.93. The van der Waals surface area contributed by atoms with Gasteiger partial charge < -0.3 is 15.7 Å². The molecule has 0 aliphatic carbocycles. The lowest BCUT2D eigenvalue weighted by Gasteiger charge is -2.14. The Labute approximate surface area is 190 Å². The van der Waals surface area contributed by atoms with E-state index in [0.29, 0.717) is 39.4 Å². The average molecular weight is 502 g/mol. The van der Waals surface area contributed by atoms with Crippen molar-refractivity contribution in [2.24, 2.45) is 0 Å². The minimum atomic E-state index is -5.08. The molecule has 3 aromatic rings. The normalized spacial score (nSPS) is 14.2. The van der Waals surface area contributed by atoms with Crippen molar-refractivity contribution in [3.05, 3.63) is 65.3 Å². The first kappa shape index (κ1) is 24.1. The number of nitrogens with zero attached hydrogens (tertiary/aromatic N) is 2. The number of carboxylic acids is 1. The average Bonchev–Trinajstić information content (AvgIpc) is 2.69. The molecule has 14 heteroatoms. The molecule has 0 unspecified atom stereocenters. The molecule has 0 amide bonds. The minimum absolute atomic E-state index is 0.150. The van der Waals surface area contributed by atoms with Gasteiger partial charge in [-0.1, -0.05) is 29.8 Å². The van der Waals surface area contributed by atoms with E-state index in [-0.39, 0.29) is 5.75 Å². The van der Waals surface area contributed by atoms with E-state index in [9.17, 15) is 21.6 Å². The first-order valence-electron chi connectivity index (χ1n) is 8.97. The van der Waals surface area contributed by atoms with Gasteiger partial charge >= 0.3 is 12.1 Å². The van der Waals surface area contributed by atoms with Crippen LogP contribution in [0.3, 0.4) is 0 Å². The summed E-state index contributed by atoms with van der Waals surface area (Å²) in [6, 6.07) is 14.0. The Morgan fingerprint density at radius 1 is 1.03 bits per heavy atom. The second-order valence-corrected chi connectivity index (χ2v) is 8.71. The molecule has 0 fully saturated rings. The van der Waals surface area contributed by atoms with Crippen molar-refractivity contribution in [1.29, 1.82) is 0 Å². The summed E-state index contributed by atoms with van der Waals surface area (Å²) in [6.07, 6.45) is -3.58. The summed E-state index contributed by atoms with van der Waals surface area (Å²) in [6.45, 7) is 0. The first-order chi connectivity index (χ1) is 15.4. The molecule has 4 rings (SSSR count). The van der Waals surface area contributed by atoms with Gasteiger partial charge in [0.2, 0.25) is 16.0 Å². The second-order valence-electron chi connectivity index (χ2n) is 6.59. The predicted octanol–water partition coefficient (Wildman–Crippen LogP) is 4.51. The fourth-order valence-electron chi connectivity index (χ4n) is 2.62. The molecule has 0 spiro atoms. The molecule has 4 N–H and O–H groups in total. The zero-order chi connectivity index (χ0) is 24.2. The zero-order valence-corrected chi connectivity index (χ0v) is 18.0. The highest BCUT2D eigenvalue weighted by Gasteiger charge is 2.38. The van der Waals surface area contributed by atoms with Gasteiger partial charge in [-0.25, -0.2) is 18.2 Å². The number of fused-ring (bicyclic) bond motifs is 6. The number of rotatable bonds is 0. The van der Waals surface area contributed by atoms with Gasteiger partial charge in [0.05, 0.1) is 17.6 Å². The fourth-order valence-corrected chi connectivity index (χ4v) is 3.93. The molecular formula is C19H15ClF3N5O4S. The minimum Gasteiger partial charge on any atom is -0.475 e. The number of carbonyl (C=O) groups is 1. The van der Waals surface area contributed by atoms with Crippen LogP contribution >= 0.6 is 11.6 Å². The molecule has 1 aliphatic rings. The van der Waals surface area contributed by atoms with Crippen LogP contribution in [0.2, 0.25) is 5.02 Å². The lowest BCUT2D eigenvalue weighted by Crippen LogP contribution is -2.21. The Morgan fingerprint density at radius 2 is 1.64 bits per heavy atom. The number of halogens is 4. The maximum Gasteiger partial charge on any atom is 0.490 e. The van der Waals surface area contributed by atoms with Crippen LogP contribution in [0.4, 0.5) is 42.0 Å². The molecule has 0 atom stereocenters. The largest absolute Gasteiger partial charge is 0.490 e. The van der Waals surface area contributed by atoms with Gasteiger partial charge in [-0.3, -0.25) is 4.72 Å². The molecule has 0 saturated heterocycles. The van der Waals surface area contributed by atoms with Crippen molar-refractivity contribution in [2.45, 2.75) is 11.9 Å². The van der Waals surface area contributed by atoms with E-state index in [1.165, 1.54) is 6.20 Å². The summed E-state index contributed by atoms with van der Waals surface area (Å²) in [5, 5.41) is 13.6. The number of aliphatic carboxylic acids is 1. The fraction of sp³-hybridized carbons (Fsp3) is 0.105. The standard InChI is InChI=1S/C17H14ClN5O2S.C2HF3O2/c18-15-9-19-17-21-13-5-2-6-14(8-13)23-26(24,25)10-11-3-1-4-12(7-11)20-16(15)22-17;3-2(4,5)1(6)7/h1-9,23H,10H2,(H2,19,20,21,22);(H,6,7). The number of carboxylic acid groups (broad SMARTS) is 1. The molecule has 2 aromatic carbocycles. The van der Waals surface area contributed by atoms with Crippen LogP contribution in [0.5, 0.6) is 0 Å². The lowest BCUT2D eigenvalue weighted by atomic mass is 10.2. The topological polar surface area (TPSA) is 133 Å². The molecule has 33 heavy (non-hydrogen) atoms. The highest BCUT2D eigenvalue weighted by atomic mass is 35.5. The number of anilines is 5. The third-order valence-corrected chi connectivity index (χ3v) is 5.46. The van der Waals surface area contributed by atoms with E-state index in [2.05, 4.69) is 25.3 Å². The summed E-state index contributed by atoms with van der Waals surface area (Å²) >= 11 is 6.18. The maximum atomic E-state index is 12.5. The summed E-state index contributed by atoms with van der Waals surface area (Å²) in [7, 11) is -3.56. The Balaban J connectivity index is 0.000000383.